The van der Waals surface area contributed by atoms with Crippen LogP contribution >= 0.6 is 0 Å². The third-order valence-corrected chi connectivity index (χ3v) is 3.76. The first kappa shape index (κ1) is 17.9. The Bertz CT molecular complexity index is 685. The minimum atomic E-state index is -0.403. The normalized spacial score (nSPS) is 13.0. The molecule has 4 nitrogen and oxygen atoms in total. The lowest BCUT2D eigenvalue weighted by Crippen LogP contribution is -2.29. The number of hydrogen-bond acceptors (Lipinski definition) is 3. The summed E-state index contributed by atoms with van der Waals surface area (Å²) < 4.78 is 0. The fourth-order valence-electron chi connectivity index (χ4n) is 2.42. The average Bonchev–Trinajstić information content (AvgIpc) is 2.86. The molecule has 0 fully saturated rings. The summed E-state index contributed by atoms with van der Waals surface area (Å²) in [6.07, 6.45) is 0. The van der Waals surface area contributed by atoms with Crippen LogP contribution in [-0.4, -0.2) is 16.9 Å². The van der Waals surface area contributed by atoms with Crippen LogP contribution in [0.25, 0.3) is 0 Å². The molecule has 0 spiro atoms. The van der Waals surface area contributed by atoms with Crippen molar-refractivity contribution in [3.63, 3.8) is 0 Å². The maximum atomic E-state index is 12.2. The number of fused-ring (bicyclic) bond motifs is 1. The Hall–Kier alpha value is -2.46. The quantitative estimate of drug-likeness (QED) is 0.774. The van der Waals surface area contributed by atoms with Gasteiger partial charge in [-0.1, -0.05) is 64.1 Å². The Morgan fingerprint density at radius 1 is 0.875 bits per heavy atom. The van der Waals surface area contributed by atoms with Gasteiger partial charge in [0.2, 0.25) is 0 Å². The molecule has 4 heteroatoms. The standard InChI is InChI=1S/C18H17NO3.C2H6/c1-12(2)14-9-7-13(8-10-14)11-22-19-17(20)15-5-3-4-6-16(15)18(19)21;1-2/h3-10,12H,11H2,1-2H3;1-2H3. The van der Waals surface area contributed by atoms with Gasteiger partial charge in [0.1, 0.15) is 6.61 Å². The zero-order valence-corrected chi connectivity index (χ0v) is 14.6. The van der Waals surface area contributed by atoms with E-state index in [9.17, 15) is 9.59 Å². The maximum absolute atomic E-state index is 12.2. The van der Waals surface area contributed by atoms with Crippen molar-refractivity contribution in [2.45, 2.75) is 40.2 Å². The summed E-state index contributed by atoms with van der Waals surface area (Å²) in [5.41, 5.74) is 2.94. The summed E-state index contributed by atoms with van der Waals surface area (Å²) in [5.74, 6) is -0.343. The van der Waals surface area contributed by atoms with Gasteiger partial charge in [0.15, 0.2) is 0 Å². The van der Waals surface area contributed by atoms with Crippen molar-refractivity contribution in [2.75, 3.05) is 0 Å². The number of rotatable bonds is 4. The number of nitrogens with zero attached hydrogens (tertiary/aromatic N) is 1. The van der Waals surface area contributed by atoms with Crippen molar-refractivity contribution >= 4 is 11.8 Å². The molecule has 0 aliphatic carbocycles. The van der Waals surface area contributed by atoms with E-state index in [1.54, 1.807) is 24.3 Å². The Labute approximate surface area is 143 Å². The first-order valence-corrected chi connectivity index (χ1v) is 8.27. The van der Waals surface area contributed by atoms with Crippen LogP contribution in [-0.2, 0) is 11.4 Å². The van der Waals surface area contributed by atoms with E-state index in [2.05, 4.69) is 13.8 Å². The fraction of sp³-hybridized carbons (Fsp3) is 0.300. The molecular weight excluding hydrogens is 302 g/mol. The third kappa shape index (κ3) is 3.54. The summed E-state index contributed by atoms with van der Waals surface area (Å²) in [7, 11) is 0. The van der Waals surface area contributed by atoms with Crippen LogP contribution in [0.1, 0.15) is 65.5 Å². The molecule has 1 aliphatic heterocycles. The molecule has 0 saturated carbocycles. The third-order valence-electron chi connectivity index (χ3n) is 3.76. The molecule has 1 aliphatic rings. The van der Waals surface area contributed by atoms with Gasteiger partial charge in [0.05, 0.1) is 11.1 Å². The van der Waals surface area contributed by atoms with Gasteiger partial charge in [-0.2, -0.15) is 0 Å². The predicted molar refractivity (Wildman–Crippen MR) is 93.6 cm³/mol. The van der Waals surface area contributed by atoms with Gasteiger partial charge in [-0.3, -0.25) is 14.4 Å². The Morgan fingerprint density at radius 2 is 1.38 bits per heavy atom. The van der Waals surface area contributed by atoms with E-state index in [1.165, 1.54) is 5.56 Å². The highest BCUT2D eigenvalue weighted by Gasteiger charge is 2.36. The maximum Gasteiger partial charge on any atom is 0.285 e. The monoisotopic (exact) mass is 325 g/mol. The average molecular weight is 325 g/mol. The van der Waals surface area contributed by atoms with Crippen LogP contribution in [0.4, 0.5) is 0 Å². The lowest BCUT2D eigenvalue weighted by molar-refractivity contribution is -0.101. The van der Waals surface area contributed by atoms with Crippen LogP contribution in [0, 0.1) is 0 Å². The second-order valence-corrected chi connectivity index (χ2v) is 5.62. The van der Waals surface area contributed by atoms with E-state index in [4.69, 9.17) is 4.84 Å². The van der Waals surface area contributed by atoms with E-state index < -0.39 is 11.8 Å². The van der Waals surface area contributed by atoms with Gasteiger partial charge < -0.3 is 0 Å². The van der Waals surface area contributed by atoms with E-state index in [1.807, 2.05) is 38.1 Å². The summed E-state index contributed by atoms with van der Waals surface area (Å²) in [6, 6.07) is 14.7. The van der Waals surface area contributed by atoms with Gasteiger partial charge >= 0.3 is 0 Å². The van der Waals surface area contributed by atoms with Gasteiger partial charge in [0.25, 0.3) is 11.8 Å². The highest BCUT2D eigenvalue weighted by Crippen LogP contribution is 2.23. The van der Waals surface area contributed by atoms with Crippen LogP contribution < -0.4 is 0 Å². The molecule has 126 valence electrons. The van der Waals surface area contributed by atoms with Crippen molar-refractivity contribution in [3.8, 4) is 0 Å². The van der Waals surface area contributed by atoms with Crippen LogP contribution in [0.3, 0.4) is 0 Å². The number of carbonyl (C=O) groups excluding carboxylic acids is 2. The topological polar surface area (TPSA) is 46.6 Å². The van der Waals surface area contributed by atoms with Gasteiger partial charge in [-0.15, -0.1) is 5.06 Å². The molecule has 0 N–H and O–H groups in total. The number of amides is 2. The van der Waals surface area contributed by atoms with Gasteiger partial charge in [-0.25, -0.2) is 0 Å². The molecule has 2 amide bonds. The van der Waals surface area contributed by atoms with Gasteiger partial charge in [0, 0.05) is 0 Å². The molecule has 2 aromatic carbocycles. The second kappa shape index (κ2) is 7.88. The molecule has 0 unspecified atom stereocenters. The summed E-state index contributed by atoms with van der Waals surface area (Å²) >= 11 is 0. The predicted octanol–water partition coefficient (Wildman–Crippen LogP) is 4.56. The van der Waals surface area contributed by atoms with Crippen molar-refractivity contribution < 1.29 is 14.4 Å². The molecule has 0 bridgehead atoms. The zero-order valence-electron chi connectivity index (χ0n) is 14.6. The zero-order chi connectivity index (χ0) is 17.7. The Balaban J connectivity index is 0.00000100. The number of imide groups is 1. The summed E-state index contributed by atoms with van der Waals surface area (Å²) in [6.45, 7) is 8.44. The summed E-state index contributed by atoms with van der Waals surface area (Å²) in [5, 5.41) is 0.848. The SMILES string of the molecule is CC.CC(C)c1ccc(CON2C(=O)c3ccccc3C2=O)cc1. The van der Waals surface area contributed by atoms with E-state index in [0.29, 0.717) is 17.0 Å². The highest BCUT2D eigenvalue weighted by molar-refractivity contribution is 6.20. The van der Waals surface area contributed by atoms with E-state index in [0.717, 1.165) is 10.6 Å². The molecule has 0 atom stereocenters. The molecular formula is C20H23NO3. The second-order valence-electron chi connectivity index (χ2n) is 5.62. The largest absolute Gasteiger partial charge is 0.285 e. The molecule has 3 rings (SSSR count). The first-order chi connectivity index (χ1) is 11.6. The molecule has 24 heavy (non-hydrogen) atoms. The highest BCUT2D eigenvalue weighted by atomic mass is 16.7. The molecule has 0 aromatic heterocycles. The van der Waals surface area contributed by atoms with Crippen LogP contribution in [0.2, 0.25) is 0 Å². The smallest absolute Gasteiger partial charge is 0.266 e. The first-order valence-electron chi connectivity index (χ1n) is 8.27. The lowest BCUT2D eigenvalue weighted by Gasteiger charge is -2.14. The van der Waals surface area contributed by atoms with E-state index >= 15 is 0 Å². The molecule has 2 aromatic rings. The lowest BCUT2D eigenvalue weighted by atomic mass is 10.0. The van der Waals surface area contributed by atoms with Crippen molar-refractivity contribution in [2.24, 2.45) is 0 Å². The number of hydrogen-bond donors (Lipinski definition) is 0. The Kier molecular flexibility index (Phi) is 5.88. The number of carbonyl (C=O) groups is 2. The minimum absolute atomic E-state index is 0.184. The van der Waals surface area contributed by atoms with Crippen LogP contribution in [0.15, 0.2) is 48.5 Å². The molecule has 0 saturated heterocycles. The molecule has 0 radical (unpaired) electrons. The van der Waals surface area contributed by atoms with E-state index in [-0.39, 0.29) is 6.61 Å². The fourth-order valence-corrected chi connectivity index (χ4v) is 2.42. The van der Waals surface area contributed by atoms with Crippen LogP contribution in [0.5, 0.6) is 0 Å². The number of hydroxylamine groups is 2. The number of benzene rings is 2. The van der Waals surface area contributed by atoms with Crippen molar-refractivity contribution in [1.29, 1.82) is 0 Å². The van der Waals surface area contributed by atoms with Crippen molar-refractivity contribution in [1.82, 2.24) is 5.06 Å². The summed E-state index contributed by atoms with van der Waals surface area (Å²) in [4.78, 5) is 29.7. The minimum Gasteiger partial charge on any atom is -0.266 e. The Morgan fingerprint density at radius 3 is 1.83 bits per heavy atom. The molecule has 1 heterocycles. The van der Waals surface area contributed by atoms with Crippen molar-refractivity contribution in [3.05, 3.63) is 70.8 Å². The van der Waals surface area contributed by atoms with Gasteiger partial charge in [-0.05, 0) is 29.2 Å².